The van der Waals surface area contributed by atoms with E-state index in [9.17, 15) is 4.79 Å². The second-order valence-electron chi connectivity index (χ2n) is 7.43. The van der Waals surface area contributed by atoms with Crippen molar-refractivity contribution in [3.8, 4) is 5.69 Å². The number of benzene rings is 1. The first-order valence-corrected chi connectivity index (χ1v) is 9.12. The highest BCUT2D eigenvalue weighted by Gasteiger charge is 2.28. The van der Waals surface area contributed by atoms with Crippen LogP contribution in [0, 0.1) is 33.6 Å². The third-order valence-corrected chi connectivity index (χ3v) is 5.19. The second-order valence-corrected chi connectivity index (χ2v) is 7.43. The van der Waals surface area contributed by atoms with Crippen molar-refractivity contribution in [3.05, 3.63) is 52.3 Å². The summed E-state index contributed by atoms with van der Waals surface area (Å²) < 4.78 is 2.20. The molecular weight excluding hydrogens is 310 g/mol. The summed E-state index contributed by atoms with van der Waals surface area (Å²) >= 11 is 0. The molecule has 1 aliphatic rings. The van der Waals surface area contributed by atoms with Crippen LogP contribution in [0.15, 0.2) is 24.3 Å². The van der Waals surface area contributed by atoms with Crippen LogP contribution in [0.25, 0.3) is 5.69 Å². The molecule has 3 rings (SSSR count). The van der Waals surface area contributed by atoms with E-state index in [-0.39, 0.29) is 5.91 Å². The van der Waals surface area contributed by atoms with Crippen LogP contribution in [0.3, 0.4) is 0 Å². The standard InChI is InChI=1S/C21H29N3O/c1-14-8-15(2)10-19(9-14)24-16(3)11-20(17(24)4)21(25)23-7-6-18(13-23)12-22-5/h8-11,18,22H,6-7,12-13H2,1-5H3. The van der Waals surface area contributed by atoms with Gasteiger partial charge in [-0.25, -0.2) is 0 Å². The van der Waals surface area contributed by atoms with Crippen LogP contribution in [-0.4, -0.2) is 42.1 Å². The van der Waals surface area contributed by atoms with Gasteiger partial charge in [-0.15, -0.1) is 0 Å². The molecule has 0 spiro atoms. The van der Waals surface area contributed by atoms with E-state index in [1.165, 1.54) is 11.1 Å². The maximum absolute atomic E-state index is 13.0. The van der Waals surface area contributed by atoms with Crippen LogP contribution in [0.2, 0.25) is 0 Å². The SMILES string of the molecule is CNCC1CCN(C(=O)c2cc(C)n(-c3cc(C)cc(C)c3)c2C)C1. The van der Waals surface area contributed by atoms with E-state index < -0.39 is 0 Å². The summed E-state index contributed by atoms with van der Waals surface area (Å²) in [6.07, 6.45) is 1.09. The van der Waals surface area contributed by atoms with Crippen molar-refractivity contribution in [2.75, 3.05) is 26.7 Å². The van der Waals surface area contributed by atoms with Gasteiger partial charge >= 0.3 is 0 Å². The lowest BCUT2D eigenvalue weighted by atomic mass is 10.1. The maximum atomic E-state index is 13.0. The molecule has 1 saturated heterocycles. The highest BCUT2D eigenvalue weighted by Crippen LogP contribution is 2.25. The summed E-state index contributed by atoms with van der Waals surface area (Å²) in [7, 11) is 1.97. The Morgan fingerprint density at radius 1 is 1.12 bits per heavy atom. The number of likely N-dealkylation sites (tertiary alicyclic amines) is 1. The molecule has 134 valence electrons. The molecule has 2 aromatic rings. The van der Waals surface area contributed by atoms with Crippen molar-refractivity contribution in [3.63, 3.8) is 0 Å². The van der Waals surface area contributed by atoms with Crippen LogP contribution in [0.4, 0.5) is 0 Å². The zero-order valence-corrected chi connectivity index (χ0v) is 16.0. The Balaban J connectivity index is 1.91. The van der Waals surface area contributed by atoms with Gasteiger partial charge in [0.05, 0.1) is 5.56 Å². The topological polar surface area (TPSA) is 37.3 Å². The van der Waals surface area contributed by atoms with E-state index in [2.05, 4.69) is 55.8 Å². The fourth-order valence-electron chi connectivity index (χ4n) is 4.10. The summed E-state index contributed by atoms with van der Waals surface area (Å²) in [6.45, 7) is 11.1. The number of aryl methyl sites for hydroxylation is 3. The average Bonchev–Trinajstić information content (AvgIpc) is 3.11. The highest BCUT2D eigenvalue weighted by atomic mass is 16.2. The Bertz CT molecular complexity index is 770. The van der Waals surface area contributed by atoms with E-state index in [0.29, 0.717) is 5.92 Å². The molecule has 0 bridgehead atoms. The molecule has 1 aromatic carbocycles. The van der Waals surface area contributed by atoms with Gasteiger partial charge in [0.25, 0.3) is 5.91 Å². The summed E-state index contributed by atoms with van der Waals surface area (Å²) in [6, 6.07) is 8.58. The molecule has 0 saturated carbocycles. The molecule has 0 radical (unpaired) electrons. The minimum absolute atomic E-state index is 0.169. The molecule has 4 heteroatoms. The van der Waals surface area contributed by atoms with E-state index in [0.717, 1.165) is 48.7 Å². The fourth-order valence-corrected chi connectivity index (χ4v) is 4.10. The Kier molecular flexibility index (Phi) is 5.00. The fraction of sp³-hybridized carbons (Fsp3) is 0.476. The van der Waals surface area contributed by atoms with Crippen LogP contribution in [-0.2, 0) is 0 Å². The quantitative estimate of drug-likeness (QED) is 0.927. The number of amides is 1. The van der Waals surface area contributed by atoms with Crippen molar-refractivity contribution in [1.82, 2.24) is 14.8 Å². The number of hydrogen-bond donors (Lipinski definition) is 1. The van der Waals surface area contributed by atoms with E-state index in [1.54, 1.807) is 0 Å². The number of nitrogens with zero attached hydrogens (tertiary/aromatic N) is 2. The van der Waals surface area contributed by atoms with Crippen LogP contribution in [0.5, 0.6) is 0 Å². The van der Waals surface area contributed by atoms with Crippen molar-refractivity contribution >= 4 is 5.91 Å². The number of rotatable bonds is 4. The van der Waals surface area contributed by atoms with Gasteiger partial charge in [-0.05, 0) is 83.0 Å². The van der Waals surface area contributed by atoms with Crippen molar-refractivity contribution in [1.29, 1.82) is 0 Å². The first-order chi connectivity index (χ1) is 11.9. The molecule has 4 nitrogen and oxygen atoms in total. The minimum Gasteiger partial charge on any atom is -0.338 e. The Labute approximate surface area is 150 Å². The van der Waals surface area contributed by atoms with Gasteiger partial charge in [0.2, 0.25) is 0 Å². The Hall–Kier alpha value is -2.07. The maximum Gasteiger partial charge on any atom is 0.255 e. The summed E-state index contributed by atoms with van der Waals surface area (Å²) in [5.41, 5.74) is 6.60. The first-order valence-electron chi connectivity index (χ1n) is 9.12. The van der Waals surface area contributed by atoms with Gasteiger partial charge in [0.1, 0.15) is 0 Å². The zero-order chi connectivity index (χ0) is 18.1. The van der Waals surface area contributed by atoms with Crippen molar-refractivity contribution in [2.45, 2.75) is 34.1 Å². The predicted molar refractivity (Wildman–Crippen MR) is 103 cm³/mol. The molecule has 1 fully saturated rings. The highest BCUT2D eigenvalue weighted by molar-refractivity contribution is 5.96. The normalized spacial score (nSPS) is 17.3. The molecule has 2 heterocycles. The largest absolute Gasteiger partial charge is 0.338 e. The van der Waals surface area contributed by atoms with Gasteiger partial charge in [0, 0.05) is 30.2 Å². The minimum atomic E-state index is 0.169. The predicted octanol–water partition coefficient (Wildman–Crippen LogP) is 3.39. The van der Waals surface area contributed by atoms with Gasteiger partial charge in [-0.1, -0.05) is 6.07 Å². The molecule has 0 aliphatic carbocycles. The number of carbonyl (C=O) groups is 1. The average molecular weight is 339 g/mol. The van der Waals surface area contributed by atoms with Gasteiger partial charge < -0.3 is 14.8 Å². The Morgan fingerprint density at radius 3 is 2.44 bits per heavy atom. The first kappa shape index (κ1) is 17.7. The zero-order valence-electron chi connectivity index (χ0n) is 16.0. The Morgan fingerprint density at radius 2 is 1.80 bits per heavy atom. The van der Waals surface area contributed by atoms with E-state index in [1.807, 2.05) is 18.0 Å². The number of carbonyl (C=O) groups excluding carboxylic acids is 1. The van der Waals surface area contributed by atoms with E-state index in [4.69, 9.17) is 0 Å². The molecule has 1 amide bonds. The molecule has 25 heavy (non-hydrogen) atoms. The summed E-state index contributed by atoms with van der Waals surface area (Å²) in [5, 5.41) is 3.22. The third kappa shape index (κ3) is 3.49. The smallest absolute Gasteiger partial charge is 0.255 e. The lowest BCUT2D eigenvalue weighted by Gasteiger charge is -2.17. The molecular formula is C21H29N3O. The van der Waals surface area contributed by atoms with Crippen LogP contribution in [0.1, 0.15) is 39.3 Å². The van der Waals surface area contributed by atoms with Crippen LogP contribution >= 0.6 is 0 Å². The number of nitrogens with one attached hydrogen (secondary N) is 1. The molecule has 1 unspecified atom stereocenters. The second kappa shape index (κ2) is 7.04. The molecule has 1 aliphatic heterocycles. The third-order valence-electron chi connectivity index (χ3n) is 5.19. The number of hydrogen-bond acceptors (Lipinski definition) is 2. The van der Waals surface area contributed by atoms with Crippen molar-refractivity contribution in [2.24, 2.45) is 5.92 Å². The summed E-state index contributed by atoms with van der Waals surface area (Å²) in [4.78, 5) is 15.1. The summed E-state index contributed by atoms with van der Waals surface area (Å²) in [5.74, 6) is 0.735. The van der Waals surface area contributed by atoms with Crippen LogP contribution < -0.4 is 5.32 Å². The van der Waals surface area contributed by atoms with Gasteiger partial charge in [-0.2, -0.15) is 0 Å². The lowest BCUT2D eigenvalue weighted by Crippen LogP contribution is -2.30. The molecule has 1 aromatic heterocycles. The monoisotopic (exact) mass is 339 g/mol. The lowest BCUT2D eigenvalue weighted by molar-refractivity contribution is 0.0786. The van der Waals surface area contributed by atoms with Crippen molar-refractivity contribution < 1.29 is 4.79 Å². The molecule has 1 N–H and O–H groups in total. The van der Waals surface area contributed by atoms with Gasteiger partial charge in [0.15, 0.2) is 0 Å². The number of aromatic nitrogens is 1. The van der Waals surface area contributed by atoms with Gasteiger partial charge in [-0.3, -0.25) is 4.79 Å². The molecule has 1 atom stereocenters. The van der Waals surface area contributed by atoms with E-state index >= 15 is 0 Å².